The van der Waals surface area contributed by atoms with Gasteiger partial charge < -0.3 is 10.6 Å². The molecule has 4 nitrogen and oxygen atoms in total. The molecule has 2 N–H and O–H groups in total. The summed E-state index contributed by atoms with van der Waals surface area (Å²) >= 11 is 0. The molecule has 0 heterocycles. The van der Waals surface area contributed by atoms with E-state index in [1.54, 1.807) is 30.3 Å². The van der Waals surface area contributed by atoms with E-state index in [-0.39, 0.29) is 23.6 Å². The molecule has 0 fully saturated rings. The monoisotopic (exact) mass is 370 g/mol. The van der Waals surface area contributed by atoms with Crippen LogP contribution in [-0.2, 0) is 4.79 Å². The lowest BCUT2D eigenvalue weighted by atomic mass is 10.1. The Morgan fingerprint density at radius 3 is 1.93 bits per heavy atom. The third kappa shape index (κ3) is 5.17. The maximum Gasteiger partial charge on any atom is 0.268 e. The van der Waals surface area contributed by atoms with E-state index in [9.17, 15) is 9.59 Å². The molecule has 0 aliphatic heterocycles. The highest BCUT2D eigenvalue weighted by Crippen LogP contribution is 2.13. The van der Waals surface area contributed by atoms with E-state index in [1.165, 1.54) is 0 Å². The quantitative estimate of drug-likeness (QED) is 0.634. The number of hydrogen-bond donors (Lipinski definition) is 2. The van der Waals surface area contributed by atoms with Crippen molar-refractivity contribution in [3.63, 3.8) is 0 Å². The fourth-order valence-electron chi connectivity index (χ4n) is 2.76. The maximum atomic E-state index is 12.9. The molecular weight excluding hydrogens is 348 g/mol. The first-order valence-corrected chi connectivity index (χ1v) is 9.12. The molecule has 0 aliphatic carbocycles. The van der Waals surface area contributed by atoms with Crippen LogP contribution in [0.4, 0.5) is 0 Å². The number of carbonyl (C=O) groups is 2. The van der Waals surface area contributed by atoms with Gasteiger partial charge in [0.05, 0.1) is 6.04 Å². The summed E-state index contributed by atoms with van der Waals surface area (Å²) in [7, 11) is 0. The minimum absolute atomic E-state index is 0.193. The molecule has 3 aromatic carbocycles. The van der Waals surface area contributed by atoms with Gasteiger partial charge in [-0.3, -0.25) is 9.59 Å². The standard InChI is InChI=1S/C24H22N2O2/c1-18(20-13-7-3-8-14-20)25-24(28)22(17-19-11-5-2-6-12-19)26-23(27)21-15-9-4-10-16-21/h2-18H,1H3,(H,25,28)(H,26,27)/b22-17-. The van der Waals surface area contributed by atoms with Gasteiger partial charge in [-0.2, -0.15) is 0 Å². The van der Waals surface area contributed by atoms with Crippen molar-refractivity contribution in [2.24, 2.45) is 0 Å². The largest absolute Gasteiger partial charge is 0.344 e. The summed E-state index contributed by atoms with van der Waals surface area (Å²) in [4.78, 5) is 25.5. The number of rotatable bonds is 6. The molecule has 1 unspecified atom stereocenters. The van der Waals surface area contributed by atoms with Crippen LogP contribution in [0.1, 0.15) is 34.5 Å². The predicted octanol–water partition coefficient (Wildman–Crippen LogP) is 4.33. The number of nitrogens with one attached hydrogen (secondary N) is 2. The van der Waals surface area contributed by atoms with Crippen LogP contribution in [0.15, 0.2) is 96.7 Å². The van der Waals surface area contributed by atoms with Crippen LogP contribution in [0, 0.1) is 0 Å². The average Bonchev–Trinajstić information content (AvgIpc) is 2.75. The van der Waals surface area contributed by atoms with Gasteiger partial charge in [0, 0.05) is 5.56 Å². The Labute approximate surface area is 164 Å². The van der Waals surface area contributed by atoms with Gasteiger partial charge in [0.15, 0.2) is 0 Å². The zero-order valence-corrected chi connectivity index (χ0v) is 15.6. The highest BCUT2D eigenvalue weighted by Gasteiger charge is 2.17. The molecule has 0 bridgehead atoms. The Morgan fingerprint density at radius 2 is 1.32 bits per heavy atom. The molecule has 140 valence electrons. The summed E-state index contributed by atoms with van der Waals surface area (Å²) in [6, 6.07) is 27.7. The summed E-state index contributed by atoms with van der Waals surface area (Å²) in [5.41, 5.74) is 2.51. The lowest BCUT2D eigenvalue weighted by molar-refractivity contribution is -0.118. The van der Waals surface area contributed by atoms with Crippen LogP contribution >= 0.6 is 0 Å². The third-order valence-electron chi connectivity index (χ3n) is 4.29. The molecule has 28 heavy (non-hydrogen) atoms. The Balaban J connectivity index is 1.82. The van der Waals surface area contributed by atoms with E-state index < -0.39 is 0 Å². The van der Waals surface area contributed by atoms with Crippen molar-refractivity contribution in [1.29, 1.82) is 0 Å². The summed E-state index contributed by atoms with van der Waals surface area (Å²) in [6.45, 7) is 1.91. The molecule has 3 rings (SSSR count). The van der Waals surface area contributed by atoms with Crippen molar-refractivity contribution >= 4 is 17.9 Å². The Bertz CT molecular complexity index is 952. The van der Waals surface area contributed by atoms with E-state index in [4.69, 9.17) is 0 Å². The molecule has 4 heteroatoms. The highest BCUT2D eigenvalue weighted by atomic mass is 16.2. The summed E-state index contributed by atoms with van der Waals surface area (Å²) < 4.78 is 0. The Hall–Kier alpha value is -3.66. The smallest absolute Gasteiger partial charge is 0.268 e. The van der Waals surface area contributed by atoms with Gasteiger partial charge in [0.25, 0.3) is 11.8 Å². The van der Waals surface area contributed by atoms with E-state index in [1.807, 2.05) is 73.7 Å². The first-order valence-electron chi connectivity index (χ1n) is 9.12. The normalized spacial score (nSPS) is 12.1. The lowest BCUT2D eigenvalue weighted by Gasteiger charge is -2.16. The van der Waals surface area contributed by atoms with Crippen molar-refractivity contribution in [2.75, 3.05) is 0 Å². The summed E-state index contributed by atoms with van der Waals surface area (Å²) in [5, 5.41) is 5.70. The molecule has 2 amide bonds. The number of hydrogen-bond acceptors (Lipinski definition) is 2. The molecule has 3 aromatic rings. The van der Waals surface area contributed by atoms with Gasteiger partial charge in [-0.25, -0.2) is 0 Å². The lowest BCUT2D eigenvalue weighted by Crippen LogP contribution is -2.36. The fourth-order valence-corrected chi connectivity index (χ4v) is 2.76. The average molecular weight is 370 g/mol. The van der Waals surface area contributed by atoms with Crippen LogP contribution in [0.25, 0.3) is 6.08 Å². The van der Waals surface area contributed by atoms with E-state index in [0.717, 1.165) is 11.1 Å². The van der Waals surface area contributed by atoms with Crippen LogP contribution in [-0.4, -0.2) is 11.8 Å². The van der Waals surface area contributed by atoms with Gasteiger partial charge in [0.1, 0.15) is 5.70 Å². The van der Waals surface area contributed by atoms with Crippen molar-refractivity contribution in [1.82, 2.24) is 10.6 Å². The first-order chi connectivity index (χ1) is 13.6. The third-order valence-corrected chi connectivity index (χ3v) is 4.29. The first kappa shape index (κ1) is 19.1. The minimum atomic E-state index is -0.343. The molecule has 0 spiro atoms. The second kappa shape index (κ2) is 9.33. The zero-order chi connectivity index (χ0) is 19.8. The minimum Gasteiger partial charge on any atom is -0.344 e. The van der Waals surface area contributed by atoms with Crippen molar-refractivity contribution in [2.45, 2.75) is 13.0 Å². The van der Waals surface area contributed by atoms with Crippen LogP contribution in [0.5, 0.6) is 0 Å². The van der Waals surface area contributed by atoms with Gasteiger partial charge in [-0.05, 0) is 36.3 Å². The van der Waals surface area contributed by atoms with Crippen molar-refractivity contribution < 1.29 is 9.59 Å². The second-order valence-corrected chi connectivity index (χ2v) is 6.39. The van der Waals surface area contributed by atoms with Crippen LogP contribution in [0.3, 0.4) is 0 Å². The van der Waals surface area contributed by atoms with Gasteiger partial charge in [0.2, 0.25) is 0 Å². The highest BCUT2D eigenvalue weighted by molar-refractivity contribution is 6.05. The van der Waals surface area contributed by atoms with Crippen molar-refractivity contribution in [3.05, 3.63) is 113 Å². The SMILES string of the molecule is CC(NC(=O)/C(=C/c1ccccc1)NC(=O)c1ccccc1)c1ccccc1. The summed E-state index contributed by atoms with van der Waals surface area (Å²) in [6.07, 6.45) is 1.67. The van der Waals surface area contributed by atoms with Crippen LogP contribution in [0.2, 0.25) is 0 Å². The Morgan fingerprint density at radius 1 is 0.786 bits per heavy atom. The molecular formula is C24H22N2O2. The van der Waals surface area contributed by atoms with E-state index in [0.29, 0.717) is 5.56 Å². The molecule has 0 saturated carbocycles. The summed E-state index contributed by atoms with van der Waals surface area (Å²) in [5.74, 6) is -0.671. The van der Waals surface area contributed by atoms with Gasteiger partial charge in [-0.15, -0.1) is 0 Å². The van der Waals surface area contributed by atoms with Crippen LogP contribution < -0.4 is 10.6 Å². The fraction of sp³-hybridized carbons (Fsp3) is 0.0833. The van der Waals surface area contributed by atoms with Crippen molar-refractivity contribution in [3.8, 4) is 0 Å². The number of benzene rings is 3. The van der Waals surface area contributed by atoms with E-state index >= 15 is 0 Å². The molecule has 1 atom stereocenters. The zero-order valence-electron chi connectivity index (χ0n) is 15.6. The second-order valence-electron chi connectivity index (χ2n) is 6.39. The number of carbonyl (C=O) groups excluding carboxylic acids is 2. The Kier molecular flexibility index (Phi) is 6.37. The molecule has 0 radical (unpaired) electrons. The molecule has 0 aromatic heterocycles. The van der Waals surface area contributed by atoms with E-state index in [2.05, 4.69) is 10.6 Å². The van der Waals surface area contributed by atoms with Gasteiger partial charge >= 0.3 is 0 Å². The topological polar surface area (TPSA) is 58.2 Å². The predicted molar refractivity (Wildman–Crippen MR) is 111 cm³/mol. The number of amides is 2. The van der Waals surface area contributed by atoms with Gasteiger partial charge in [-0.1, -0.05) is 78.9 Å². The maximum absolute atomic E-state index is 12.9. The molecule has 0 saturated heterocycles. The molecule has 0 aliphatic rings.